The van der Waals surface area contributed by atoms with Crippen LogP contribution >= 0.6 is 0 Å². The summed E-state index contributed by atoms with van der Waals surface area (Å²) in [5, 5.41) is 0. The van der Waals surface area contributed by atoms with Gasteiger partial charge in [-0.05, 0) is 47.2 Å². The third-order valence-corrected chi connectivity index (χ3v) is 6.55. The van der Waals surface area contributed by atoms with Crippen molar-refractivity contribution in [2.24, 2.45) is 0 Å². The van der Waals surface area contributed by atoms with Crippen LogP contribution in [0.15, 0.2) is 67.3 Å². The Morgan fingerprint density at radius 1 is 0.829 bits per heavy atom. The lowest BCUT2D eigenvalue weighted by Gasteiger charge is -2.28. The molecule has 0 unspecified atom stereocenters. The van der Waals surface area contributed by atoms with E-state index in [1.165, 1.54) is 6.07 Å². The summed E-state index contributed by atoms with van der Waals surface area (Å²) in [5.74, 6) is -2.02. The molecule has 0 bridgehead atoms. The number of benzene rings is 3. The van der Waals surface area contributed by atoms with Gasteiger partial charge in [0.05, 0.1) is 13.2 Å². The smallest absolute Gasteiger partial charge is 0.176 e. The largest absolute Gasteiger partial charge is 0.348 e. The van der Waals surface area contributed by atoms with E-state index in [1.54, 1.807) is 48.5 Å². The first kappa shape index (κ1) is 25.2. The summed E-state index contributed by atoms with van der Waals surface area (Å²) in [6.45, 7) is 6.63. The molecule has 0 aromatic heterocycles. The number of ether oxygens (including phenoxy) is 2. The van der Waals surface area contributed by atoms with Gasteiger partial charge in [0.25, 0.3) is 0 Å². The Balaban J connectivity index is 1.48. The molecule has 1 fully saturated rings. The Labute approximate surface area is 205 Å². The van der Waals surface area contributed by atoms with Crippen molar-refractivity contribution in [1.29, 1.82) is 0 Å². The molecule has 0 N–H and O–H groups in total. The highest BCUT2D eigenvalue weighted by Gasteiger charge is 2.22. The minimum Gasteiger partial charge on any atom is -0.348 e. The maximum absolute atomic E-state index is 15.0. The second-order valence-corrected chi connectivity index (χ2v) is 9.00. The first-order valence-corrected chi connectivity index (χ1v) is 12.2. The van der Waals surface area contributed by atoms with E-state index in [2.05, 4.69) is 13.5 Å². The lowest BCUT2D eigenvalue weighted by atomic mass is 9.94. The normalized spacial score (nSPS) is 17.9. The van der Waals surface area contributed by atoms with Crippen molar-refractivity contribution in [3.63, 3.8) is 0 Å². The van der Waals surface area contributed by atoms with Crippen LogP contribution < -0.4 is 0 Å². The van der Waals surface area contributed by atoms with Crippen molar-refractivity contribution >= 4 is 0 Å². The van der Waals surface area contributed by atoms with Gasteiger partial charge in [-0.2, -0.15) is 0 Å². The molecule has 0 amide bonds. The van der Waals surface area contributed by atoms with Gasteiger partial charge in [0.15, 0.2) is 17.9 Å². The molecule has 4 rings (SSSR count). The van der Waals surface area contributed by atoms with Crippen LogP contribution in [-0.4, -0.2) is 19.5 Å². The van der Waals surface area contributed by atoms with Crippen molar-refractivity contribution in [2.45, 2.75) is 51.2 Å². The average molecular weight is 481 g/mol. The summed E-state index contributed by atoms with van der Waals surface area (Å²) in [7, 11) is 0. The topological polar surface area (TPSA) is 18.5 Å². The number of hydrogen-bond donors (Lipinski definition) is 0. The number of aryl methyl sites for hydroxylation is 1. The Bertz CT molecular complexity index is 1150. The Morgan fingerprint density at radius 2 is 1.49 bits per heavy atom. The van der Waals surface area contributed by atoms with E-state index in [0.717, 1.165) is 31.2 Å². The Morgan fingerprint density at radius 3 is 2.11 bits per heavy atom. The second kappa shape index (κ2) is 11.7. The fourth-order valence-electron chi connectivity index (χ4n) is 4.44. The molecule has 0 atom stereocenters. The Hall–Kier alpha value is -2.89. The summed E-state index contributed by atoms with van der Waals surface area (Å²) in [6.07, 6.45) is 5.75. The first-order chi connectivity index (χ1) is 17.0. The minimum absolute atomic E-state index is 0.0513. The van der Waals surface area contributed by atoms with Crippen LogP contribution in [-0.2, 0) is 15.9 Å². The lowest BCUT2D eigenvalue weighted by molar-refractivity contribution is -0.159. The molecule has 0 spiro atoms. The van der Waals surface area contributed by atoms with Crippen molar-refractivity contribution in [1.82, 2.24) is 0 Å². The highest BCUT2D eigenvalue weighted by atomic mass is 19.2. The first-order valence-electron chi connectivity index (χ1n) is 12.2. The van der Waals surface area contributed by atoms with Crippen molar-refractivity contribution < 1.29 is 22.6 Å². The molecule has 1 saturated heterocycles. The molecule has 1 heterocycles. The van der Waals surface area contributed by atoms with Crippen LogP contribution in [0.3, 0.4) is 0 Å². The summed E-state index contributed by atoms with van der Waals surface area (Å²) >= 11 is 0. The van der Waals surface area contributed by atoms with E-state index < -0.39 is 17.9 Å². The van der Waals surface area contributed by atoms with Gasteiger partial charge in [-0.3, -0.25) is 0 Å². The third kappa shape index (κ3) is 5.85. The molecule has 3 aromatic carbocycles. The summed E-state index contributed by atoms with van der Waals surface area (Å²) < 4.78 is 55.5. The van der Waals surface area contributed by atoms with E-state index in [0.29, 0.717) is 41.9 Å². The van der Waals surface area contributed by atoms with Gasteiger partial charge in [-0.1, -0.05) is 81.3 Å². The molecular weight excluding hydrogens is 449 g/mol. The fourth-order valence-corrected chi connectivity index (χ4v) is 4.44. The van der Waals surface area contributed by atoms with Crippen LogP contribution in [0.1, 0.15) is 49.7 Å². The van der Waals surface area contributed by atoms with Gasteiger partial charge in [-0.15, -0.1) is 0 Å². The van der Waals surface area contributed by atoms with Crippen LogP contribution in [0.5, 0.6) is 0 Å². The monoisotopic (exact) mass is 480 g/mol. The van der Waals surface area contributed by atoms with Crippen molar-refractivity contribution in [3.05, 3.63) is 95.8 Å². The zero-order valence-corrected chi connectivity index (χ0v) is 20.0. The zero-order chi connectivity index (χ0) is 24.8. The molecule has 0 radical (unpaired) electrons. The van der Waals surface area contributed by atoms with E-state index >= 15 is 0 Å². The molecule has 2 nitrogen and oxygen atoms in total. The second-order valence-electron chi connectivity index (χ2n) is 9.00. The standard InChI is InChI=1S/C30H31F3O2/c1-3-5-6-7-8-22-13-16-26(30(33)29(22)32)21-11-9-20(10-12-21)25-15-14-23(17-27(25)31)24-18-34-28(4-2)35-19-24/h4,9-17,24,28H,2-3,5-8,18-19H2,1H3. The Kier molecular flexibility index (Phi) is 8.42. The number of hydrogen-bond acceptors (Lipinski definition) is 2. The molecule has 35 heavy (non-hydrogen) atoms. The number of unbranched alkanes of at least 4 members (excludes halogenated alkanes) is 3. The van der Waals surface area contributed by atoms with Crippen molar-refractivity contribution in [2.75, 3.05) is 13.2 Å². The number of halogens is 3. The van der Waals surface area contributed by atoms with E-state index in [-0.39, 0.29) is 17.3 Å². The molecular formula is C30H31F3O2. The zero-order valence-electron chi connectivity index (χ0n) is 20.0. The maximum Gasteiger partial charge on any atom is 0.176 e. The molecule has 0 saturated carbocycles. The highest BCUT2D eigenvalue weighted by Crippen LogP contribution is 2.32. The van der Waals surface area contributed by atoms with E-state index in [4.69, 9.17) is 9.47 Å². The van der Waals surface area contributed by atoms with E-state index in [9.17, 15) is 13.2 Å². The fraction of sp³-hybridized carbons (Fsp3) is 0.333. The average Bonchev–Trinajstić information content (AvgIpc) is 2.89. The summed E-state index contributed by atoms with van der Waals surface area (Å²) in [6, 6.07) is 15.2. The highest BCUT2D eigenvalue weighted by molar-refractivity contribution is 5.71. The van der Waals surface area contributed by atoms with Crippen LogP contribution in [0, 0.1) is 17.5 Å². The van der Waals surface area contributed by atoms with E-state index in [1.807, 2.05) is 6.07 Å². The molecule has 1 aliphatic rings. The molecule has 5 heteroatoms. The van der Waals surface area contributed by atoms with Gasteiger partial charge in [0.1, 0.15) is 5.82 Å². The predicted molar refractivity (Wildman–Crippen MR) is 134 cm³/mol. The summed E-state index contributed by atoms with van der Waals surface area (Å²) in [4.78, 5) is 0. The van der Waals surface area contributed by atoms with Gasteiger partial charge in [-0.25, -0.2) is 13.2 Å². The quantitative estimate of drug-likeness (QED) is 0.227. The van der Waals surface area contributed by atoms with Crippen LogP contribution in [0.2, 0.25) is 0 Å². The molecule has 0 aliphatic carbocycles. The maximum atomic E-state index is 15.0. The molecule has 184 valence electrons. The predicted octanol–water partition coefficient (Wildman–Crippen LogP) is 8.20. The van der Waals surface area contributed by atoms with Gasteiger partial charge in [0, 0.05) is 17.0 Å². The SMILES string of the molecule is C=CC1OCC(c2ccc(-c3ccc(-c4ccc(CCCCCC)c(F)c4F)cc3)c(F)c2)CO1. The lowest BCUT2D eigenvalue weighted by Crippen LogP contribution is -2.29. The molecule has 1 aliphatic heterocycles. The van der Waals surface area contributed by atoms with Gasteiger partial charge in [0.2, 0.25) is 0 Å². The minimum atomic E-state index is -0.836. The summed E-state index contributed by atoms with van der Waals surface area (Å²) in [5.41, 5.74) is 3.07. The third-order valence-electron chi connectivity index (χ3n) is 6.55. The van der Waals surface area contributed by atoms with Crippen molar-refractivity contribution in [3.8, 4) is 22.3 Å². The van der Waals surface area contributed by atoms with Gasteiger partial charge >= 0.3 is 0 Å². The van der Waals surface area contributed by atoms with Crippen LogP contribution in [0.4, 0.5) is 13.2 Å². The van der Waals surface area contributed by atoms with Crippen LogP contribution in [0.25, 0.3) is 22.3 Å². The number of rotatable bonds is 9. The van der Waals surface area contributed by atoms with Gasteiger partial charge < -0.3 is 9.47 Å². The molecule has 3 aromatic rings.